The molecule has 0 aliphatic rings. The van der Waals surface area contributed by atoms with Crippen molar-refractivity contribution in [2.24, 2.45) is 0 Å². The van der Waals surface area contributed by atoms with Crippen molar-refractivity contribution in [3.05, 3.63) is 29.8 Å². The summed E-state index contributed by atoms with van der Waals surface area (Å²) in [6, 6.07) is 6.76. The van der Waals surface area contributed by atoms with Crippen molar-refractivity contribution in [2.45, 2.75) is 24.4 Å². The molecule has 0 radical (unpaired) electrons. The van der Waals surface area contributed by atoms with Crippen molar-refractivity contribution in [3.63, 3.8) is 0 Å². The molecule has 19 heavy (non-hydrogen) atoms. The van der Waals surface area contributed by atoms with Gasteiger partial charge in [-0.3, -0.25) is 0 Å². The van der Waals surface area contributed by atoms with Gasteiger partial charge in [0, 0.05) is 26.7 Å². The molecule has 0 bridgehead atoms. The van der Waals surface area contributed by atoms with Crippen molar-refractivity contribution in [3.8, 4) is 0 Å². The summed E-state index contributed by atoms with van der Waals surface area (Å²) in [5.41, 5.74) is 0.941. The van der Waals surface area contributed by atoms with Gasteiger partial charge in [-0.15, -0.1) is 0 Å². The molecule has 1 aromatic carbocycles. The van der Waals surface area contributed by atoms with Crippen molar-refractivity contribution in [1.29, 1.82) is 0 Å². The summed E-state index contributed by atoms with van der Waals surface area (Å²) in [5.74, 6) is 0. The van der Waals surface area contributed by atoms with Gasteiger partial charge in [0.25, 0.3) is 0 Å². The molecule has 0 amide bonds. The first kappa shape index (κ1) is 16.1. The monoisotopic (exact) mass is 286 g/mol. The Morgan fingerprint density at radius 3 is 2.68 bits per heavy atom. The van der Waals surface area contributed by atoms with Crippen LogP contribution < -0.4 is 5.32 Å². The number of nitrogens with one attached hydrogen (secondary N) is 1. The van der Waals surface area contributed by atoms with Crippen LogP contribution in [0.4, 0.5) is 0 Å². The van der Waals surface area contributed by atoms with Gasteiger partial charge in [0.2, 0.25) is 10.0 Å². The van der Waals surface area contributed by atoms with Gasteiger partial charge in [0.1, 0.15) is 0 Å². The van der Waals surface area contributed by atoms with Crippen LogP contribution >= 0.6 is 0 Å². The van der Waals surface area contributed by atoms with Gasteiger partial charge in [0.15, 0.2) is 0 Å². The number of likely N-dealkylation sites (N-methyl/N-ethyl adjacent to an activating group) is 1. The van der Waals surface area contributed by atoms with Crippen molar-refractivity contribution >= 4 is 10.0 Å². The first-order valence-corrected chi connectivity index (χ1v) is 7.58. The summed E-state index contributed by atoms with van der Waals surface area (Å²) < 4.78 is 31.3. The first-order valence-electron chi connectivity index (χ1n) is 6.14. The van der Waals surface area contributed by atoms with Gasteiger partial charge in [-0.1, -0.05) is 12.1 Å². The van der Waals surface area contributed by atoms with Gasteiger partial charge in [-0.2, -0.15) is 4.31 Å². The maximum absolute atomic E-state index is 12.5. The molecule has 5 nitrogen and oxygen atoms in total. The quantitative estimate of drug-likeness (QED) is 0.814. The van der Waals surface area contributed by atoms with Crippen LogP contribution in [0.15, 0.2) is 29.2 Å². The minimum atomic E-state index is -3.48. The predicted octanol–water partition coefficient (Wildman–Crippen LogP) is 1.06. The second-order valence-electron chi connectivity index (χ2n) is 4.50. The predicted molar refractivity (Wildman–Crippen MR) is 75.5 cm³/mol. The van der Waals surface area contributed by atoms with Crippen LogP contribution in [-0.2, 0) is 21.3 Å². The van der Waals surface area contributed by atoms with E-state index in [0.29, 0.717) is 18.0 Å². The first-order chi connectivity index (χ1) is 8.93. The van der Waals surface area contributed by atoms with Crippen LogP contribution in [0, 0.1) is 0 Å². The third-order valence-corrected chi connectivity index (χ3v) is 4.95. The molecule has 0 saturated heterocycles. The molecule has 1 rings (SSSR count). The lowest BCUT2D eigenvalue weighted by molar-refractivity contribution is 0.149. The highest BCUT2D eigenvalue weighted by Crippen LogP contribution is 2.18. The summed E-state index contributed by atoms with van der Waals surface area (Å²) in [4.78, 5) is 0.311. The number of sulfonamides is 1. The molecular formula is C13H22N2O3S. The van der Waals surface area contributed by atoms with Crippen molar-refractivity contribution in [2.75, 3.05) is 27.8 Å². The van der Waals surface area contributed by atoms with Crippen molar-refractivity contribution in [1.82, 2.24) is 9.62 Å². The molecule has 108 valence electrons. The topological polar surface area (TPSA) is 58.6 Å². The van der Waals surface area contributed by atoms with E-state index in [0.717, 1.165) is 5.56 Å². The summed E-state index contributed by atoms with van der Waals surface area (Å²) >= 11 is 0. The maximum atomic E-state index is 12.5. The number of rotatable bonds is 7. The Labute approximate surface area is 115 Å². The molecule has 0 heterocycles. The minimum absolute atomic E-state index is 0.206. The Hall–Kier alpha value is -0.950. The number of hydrogen-bond acceptors (Lipinski definition) is 4. The zero-order valence-corrected chi connectivity index (χ0v) is 12.7. The van der Waals surface area contributed by atoms with Gasteiger partial charge < -0.3 is 10.1 Å². The molecule has 0 spiro atoms. The van der Waals surface area contributed by atoms with Crippen LogP contribution in [0.3, 0.4) is 0 Å². The minimum Gasteiger partial charge on any atom is -0.383 e. The van der Waals surface area contributed by atoms with E-state index in [-0.39, 0.29) is 6.04 Å². The average molecular weight is 286 g/mol. The Morgan fingerprint density at radius 2 is 2.11 bits per heavy atom. The highest BCUT2D eigenvalue weighted by atomic mass is 32.2. The van der Waals surface area contributed by atoms with Crippen LogP contribution in [0.5, 0.6) is 0 Å². The lowest BCUT2D eigenvalue weighted by atomic mass is 10.2. The van der Waals surface area contributed by atoms with E-state index < -0.39 is 10.0 Å². The number of methoxy groups -OCH3 is 1. The number of benzene rings is 1. The smallest absolute Gasteiger partial charge is 0.243 e. The lowest BCUT2D eigenvalue weighted by Gasteiger charge is -2.23. The lowest BCUT2D eigenvalue weighted by Crippen LogP contribution is -2.37. The Kier molecular flexibility index (Phi) is 5.93. The molecule has 1 aromatic rings. The fourth-order valence-corrected chi connectivity index (χ4v) is 3.19. The molecule has 0 aromatic heterocycles. The van der Waals surface area contributed by atoms with E-state index in [9.17, 15) is 8.42 Å². The highest BCUT2D eigenvalue weighted by Gasteiger charge is 2.25. The zero-order chi connectivity index (χ0) is 14.5. The number of hydrogen-bond donors (Lipinski definition) is 1. The van der Waals surface area contributed by atoms with Crippen molar-refractivity contribution < 1.29 is 13.2 Å². The number of nitrogens with zero attached hydrogens (tertiary/aromatic N) is 1. The highest BCUT2D eigenvalue weighted by molar-refractivity contribution is 7.89. The third-order valence-electron chi connectivity index (χ3n) is 2.98. The van der Waals surface area contributed by atoms with E-state index in [1.54, 1.807) is 32.4 Å². The molecule has 1 atom stereocenters. The van der Waals surface area contributed by atoms with Crippen LogP contribution in [0.2, 0.25) is 0 Å². The van der Waals surface area contributed by atoms with E-state index in [2.05, 4.69) is 5.32 Å². The molecular weight excluding hydrogens is 264 g/mol. The van der Waals surface area contributed by atoms with Gasteiger partial charge in [-0.05, 0) is 31.7 Å². The maximum Gasteiger partial charge on any atom is 0.243 e. The Bertz CT molecular complexity index is 502. The van der Waals surface area contributed by atoms with Crippen LogP contribution in [0.25, 0.3) is 0 Å². The zero-order valence-electron chi connectivity index (χ0n) is 11.9. The SMILES string of the molecule is CNCc1cccc(S(=O)(=O)N(C)C(C)COC)c1. The second-order valence-corrected chi connectivity index (χ2v) is 6.50. The average Bonchev–Trinajstić information content (AvgIpc) is 2.39. The standard InChI is InChI=1S/C13H22N2O3S/c1-11(10-18-4)15(3)19(16,17)13-7-5-6-12(8-13)9-14-2/h5-8,11,14H,9-10H2,1-4H3. The molecule has 0 saturated carbocycles. The van der Waals surface area contributed by atoms with Crippen LogP contribution in [0.1, 0.15) is 12.5 Å². The fraction of sp³-hybridized carbons (Fsp3) is 0.538. The molecule has 0 aliphatic heterocycles. The van der Waals surface area contributed by atoms with Gasteiger partial charge in [0.05, 0.1) is 11.5 Å². The summed E-state index contributed by atoms with van der Waals surface area (Å²) in [6.07, 6.45) is 0. The largest absolute Gasteiger partial charge is 0.383 e. The number of ether oxygens (including phenoxy) is 1. The normalized spacial score (nSPS) is 13.7. The van der Waals surface area contributed by atoms with E-state index in [1.165, 1.54) is 4.31 Å². The van der Waals surface area contributed by atoms with E-state index in [4.69, 9.17) is 4.74 Å². The van der Waals surface area contributed by atoms with Gasteiger partial charge in [-0.25, -0.2) is 8.42 Å². The molecule has 0 aliphatic carbocycles. The molecule has 6 heteroatoms. The Morgan fingerprint density at radius 1 is 1.42 bits per heavy atom. The third kappa shape index (κ3) is 4.01. The Balaban J connectivity index is 3.02. The molecule has 0 fully saturated rings. The second kappa shape index (κ2) is 7.00. The summed E-state index contributed by atoms with van der Waals surface area (Å²) in [6.45, 7) is 2.82. The fourth-order valence-electron chi connectivity index (χ4n) is 1.77. The van der Waals surface area contributed by atoms with E-state index >= 15 is 0 Å². The van der Waals surface area contributed by atoms with Crippen LogP contribution in [-0.4, -0.2) is 46.6 Å². The summed E-state index contributed by atoms with van der Waals surface area (Å²) in [7, 11) is 1.48. The van der Waals surface area contributed by atoms with E-state index in [1.807, 2.05) is 20.0 Å². The van der Waals surface area contributed by atoms with Gasteiger partial charge >= 0.3 is 0 Å². The molecule has 1 N–H and O–H groups in total. The summed E-state index contributed by atoms with van der Waals surface area (Å²) in [5, 5.41) is 3.01. The molecule has 1 unspecified atom stereocenters.